The van der Waals surface area contributed by atoms with Gasteiger partial charge in [-0.25, -0.2) is 0 Å². The number of halogens is 3. The first-order chi connectivity index (χ1) is 23.1. The molecule has 5 aliphatic rings. The van der Waals surface area contributed by atoms with Crippen LogP contribution in [0.2, 0.25) is 18.1 Å². The minimum atomic E-state index is -4.51. The Morgan fingerprint density at radius 1 is 0.959 bits per heavy atom. The van der Waals surface area contributed by atoms with Crippen LogP contribution in [0.4, 0.5) is 13.2 Å². The van der Waals surface area contributed by atoms with Gasteiger partial charge in [-0.3, -0.25) is 14.8 Å². The summed E-state index contributed by atoms with van der Waals surface area (Å²) >= 11 is 0. The highest BCUT2D eigenvalue weighted by molar-refractivity contribution is 6.74. The molecule has 3 atom stereocenters. The number of ether oxygens (including phenoxy) is 4. The van der Waals surface area contributed by atoms with E-state index >= 15 is 0 Å². The molecule has 2 aliphatic carbocycles. The Balaban J connectivity index is 1.52. The van der Waals surface area contributed by atoms with Gasteiger partial charge in [0.2, 0.25) is 0 Å². The molecule has 8 nitrogen and oxygen atoms in total. The fraction of sp³-hybridized carbons (Fsp3) is 0.703. The molecule has 49 heavy (non-hydrogen) atoms. The van der Waals surface area contributed by atoms with Crippen LogP contribution in [0.1, 0.15) is 143 Å². The smallest absolute Gasteiger partial charge is 0.417 e. The molecule has 2 spiro atoms. The number of pyridine rings is 2. The van der Waals surface area contributed by atoms with Crippen molar-refractivity contribution in [2.45, 2.75) is 133 Å². The number of hydrogen-bond donors (Lipinski definition) is 0. The monoisotopic (exact) mass is 702 g/mol. The Kier molecular flexibility index (Phi) is 8.86. The zero-order valence-corrected chi connectivity index (χ0v) is 30.5. The number of fused-ring (bicyclic) bond motifs is 4. The summed E-state index contributed by atoms with van der Waals surface area (Å²) in [6, 6.07) is 2.53. The lowest BCUT2D eigenvalue weighted by Gasteiger charge is -2.54. The predicted molar refractivity (Wildman–Crippen MR) is 177 cm³/mol. The highest BCUT2D eigenvalue weighted by Crippen LogP contribution is 2.65. The number of hydrogen-bond acceptors (Lipinski definition) is 8. The molecule has 2 aromatic heterocycles. The second-order valence-electron chi connectivity index (χ2n) is 16.3. The third kappa shape index (κ3) is 6.07. The number of carbonyl (C=O) groups excluding carboxylic acids is 1. The van der Waals surface area contributed by atoms with Gasteiger partial charge in [0.15, 0.2) is 8.32 Å². The third-order valence-corrected chi connectivity index (χ3v) is 16.8. The van der Waals surface area contributed by atoms with Crippen molar-refractivity contribution >= 4 is 14.3 Å². The number of aromatic nitrogens is 2. The third-order valence-electron chi connectivity index (χ3n) is 12.3. The molecule has 1 unspecified atom stereocenters. The van der Waals surface area contributed by atoms with E-state index in [1.807, 2.05) is 0 Å². The van der Waals surface area contributed by atoms with E-state index in [0.29, 0.717) is 51.4 Å². The molecule has 5 heterocycles. The average molecular weight is 703 g/mol. The summed E-state index contributed by atoms with van der Waals surface area (Å²) in [6.07, 6.45) is 1.02. The van der Waals surface area contributed by atoms with Crippen molar-refractivity contribution in [3.63, 3.8) is 0 Å². The molecule has 0 aromatic carbocycles. The highest BCUT2D eigenvalue weighted by atomic mass is 28.4. The van der Waals surface area contributed by atoms with Gasteiger partial charge in [0.25, 0.3) is 0 Å². The lowest BCUT2D eigenvalue weighted by atomic mass is 9.57. The number of nitrogens with zero attached hydrogens (tertiary/aromatic N) is 2. The van der Waals surface area contributed by atoms with Crippen molar-refractivity contribution < 1.29 is 41.3 Å². The predicted octanol–water partition coefficient (Wildman–Crippen LogP) is 8.76. The van der Waals surface area contributed by atoms with Gasteiger partial charge in [-0.15, -0.1) is 0 Å². The molecule has 1 saturated carbocycles. The van der Waals surface area contributed by atoms with Crippen LogP contribution in [0.25, 0.3) is 0 Å². The van der Waals surface area contributed by atoms with E-state index in [1.54, 1.807) is 0 Å². The zero-order valence-electron chi connectivity index (χ0n) is 29.5. The van der Waals surface area contributed by atoms with Gasteiger partial charge in [-0.2, -0.15) is 13.2 Å². The van der Waals surface area contributed by atoms with Gasteiger partial charge in [-0.05, 0) is 67.9 Å². The fourth-order valence-corrected chi connectivity index (χ4v) is 9.78. The number of rotatable bonds is 5. The lowest BCUT2D eigenvalue weighted by molar-refractivity contribution is -0.167. The van der Waals surface area contributed by atoms with Gasteiger partial charge < -0.3 is 23.4 Å². The molecule has 12 heteroatoms. The fourth-order valence-electron chi connectivity index (χ4n) is 8.51. The van der Waals surface area contributed by atoms with E-state index < -0.39 is 37.9 Å². The van der Waals surface area contributed by atoms with Crippen LogP contribution in [0.3, 0.4) is 0 Å². The van der Waals surface area contributed by atoms with Crippen molar-refractivity contribution in [2.75, 3.05) is 26.4 Å². The Bertz CT molecular complexity index is 1570. The van der Waals surface area contributed by atoms with Crippen LogP contribution in [-0.2, 0) is 39.9 Å². The van der Waals surface area contributed by atoms with Crippen LogP contribution in [0.5, 0.6) is 0 Å². The van der Waals surface area contributed by atoms with Crippen molar-refractivity contribution in [2.24, 2.45) is 5.41 Å². The normalized spacial score (nSPS) is 26.7. The van der Waals surface area contributed by atoms with Crippen molar-refractivity contribution in [3.8, 4) is 0 Å². The second-order valence-corrected chi connectivity index (χ2v) is 21.1. The molecular formula is C37H49F3N2O6Si. The van der Waals surface area contributed by atoms with E-state index in [-0.39, 0.29) is 28.4 Å². The van der Waals surface area contributed by atoms with Gasteiger partial charge in [0.1, 0.15) is 12.2 Å². The van der Waals surface area contributed by atoms with E-state index in [4.69, 9.17) is 28.4 Å². The van der Waals surface area contributed by atoms with Crippen LogP contribution in [0.15, 0.2) is 18.3 Å². The molecule has 3 aliphatic heterocycles. The maximum atomic E-state index is 13.6. The van der Waals surface area contributed by atoms with Crippen LogP contribution in [-0.4, -0.2) is 50.7 Å². The first kappa shape index (κ1) is 35.0. The van der Waals surface area contributed by atoms with Gasteiger partial charge in [-0.1, -0.05) is 27.2 Å². The average Bonchev–Trinajstić information content (AvgIpc) is 3.34. The molecule has 2 saturated heterocycles. The Morgan fingerprint density at radius 2 is 1.63 bits per heavy atom. The van der Waals surface area contributed by atoms with Crippen LogP contribution < -0.4 is 0 Å². The maximum absolute atomic E-state index is 13.6. The molecular weight excluding hydrogens is 653 g/mol. The number of carbonyl (C=O) groups is 1. The Hall–Kier alpha value is -2.38. The van der Waals surface area contributed by atoms with Crippen molar-refractivity contribution in [3.05, 3.63) is 57.7 Å². The summed E-state index contributed by atoms with van der Waals surface area (Å²) in [5.74, 6) is -0.315. The van der Waals surface area contributed by atoms with E-state index in [2.05, 4.69) is 38.8 Å². The summed E-state index contributed by atoms with van der Waals surface area (Å²) in [7, 11) is -2.35. The van der Waals surface area contributed by atoms with E-state index in [0.717, 1.165) is 72.4 Å². The summed E-state index contributed by atoms with van der Waals surface area (Å²) in [5, 5.41) is -0.0646. The quantitative estimate of drug-likeness (QED) is 0.226. The molecule has 268 valence electrons. The number of esters is 1. The van der Waals surface area contributed by atoms with E-state index in [9.17, 15) is 18.0 Å². The molecule has 0 radical (unpaired) electrons. The second kappa shape index (κ2) is 12.4. The van der Waals surface area contributed by atoms with Crippen molar-refractivity contribution in [1.29, 1.82) is 0 Å². The molecule has 0 N–H and O–H groups in total. The SMILES string of the molecule is CC(=O)O[C@H]1c2nc(C3CCOCC3)c3c(c2C(O[Si](C)(C)C(C)(C)C)CC12CCC2)C1(CCOCC1)O[C@@H]3c1ccc(C(F)(F)F)cn1. The summed E-state index contributed by atoms with van der Waals surface area (Å²) < 4.78 is 73.5. The van der Waals surface area contributed by atoms with E-state index in [1.165, 1.54) is 13.0 Å². The largest absolute Gasteiger partial charge is 0.455 e. The highest BCUT2D eigenvalue weighted by Gasteiger charge is 2.59. The summed E-state index contributed by atoms with van der Waals surface area (Å²) in [6.45, 7) is 14.8. The molecule has 3 fully saturated rings. The molecule has 7 rings (SSSR count). The van der Waals surface area contributed by atoms with Crippen molar-refractivity contribution in [1.82, 2.24) is 9.97 Å². The molecule has 2 aromatic rings. The van der Waals surface area contributed by atoms with Gasteiger partial charge in [0.05, 0.1) is 34.4 Å². The summed E-state index contributed by atoms with van der Waals surface area (Å²) in [5.41, 5.74) is 2.98. The zero-order chi connectivity index (χ0) is 35.0. The molecule has 0 amide bonds. The summed E-state index contributed by atoms with van der Waals surface area (Å²) in [4.78, 5) is 22.8. The topological polar surface area (TPSA) is 89.0 Å². The maximum Gasteiger partial charge on any atom is 0.417 e. The number of alkyl halides is 3. The first-order valence-corrected chi connectivity index (χ1v) is 20.8. The standard InChI is InChI=1S/C37H49F3N2O6Si/c1-22(43)46-33-31-27(26(20-35(33)12-7-13-35)48-49(5,6)34(2,3)4)29-28(30(42-31)23-10-16-44-17-11-23)32(47-36(29)14-18-45-19-15-36)25-9-8-24(21-41-25)37(38,39)40/h8-9,21,23,26,32-33H,7,10-20H2,1-6H3/t26?,32-,33+/m1/s1. The Labute approximate surface area is 287 Å². The van der Waals surface area contributed by atoms with Crippen LogP contribution in [0, 0.1) is 5.41 Å². The Morgan fingerprint density at radius 3 is 2.18 bits per heavy atom. The first-order valence-electron chi connectivity index (χ1n) is 17.8. The lowest BCUT2D eigenvalue weighted by Crippen LogP contribution is -2.49. The minimum absolute atomic E-state index is 0.0281. The minimum Gasteiger partial charge on any atom is -0.455 e. The van der Waals surface area contributed by atoms with Gasteiger partial charge in [0, 0.05) is 74.8 Å². The molecule has 0 bridgehead atoms. The van der Waals surface area contributed by atoms with Crippen LogP contribution >= 0.6 is 0 Å². The van der Waals surface area contributed by atoms with Gasteiger partial charge >= 0.3 is 12.1 Å².